The molecule has 1 atom stereocenters. The minimum absolute atomic E-state index is 0.196. The number of aliphatic hydroxyl groups is 1. The molecule has 0 fully saturated rings. The zero-order valence-corrected chi connectivity index (χ0v) is 13.3. The van der Waals surface area contributed by atoms with Gasteiger partial charge in [0.2, 0.25) is 0 Å². The van der Waals surface area contributed by atoms with Crippen LogP contribution in [0.4, 0.5) is 0 Å². The Kier molecular flexibility index (Phi) is 4.69. The molecule has 0 spiro atoms. The third kappa shape index (κ3) is 3.72. The van der Waals surface area contributed by atoms with Crippen LogP contribution < -0.4 is 0 Å². The van der Waals surface area contributed by atoms with Gasteiger partial charge in [0.25, 0.3) is 0 Å². The molecule has 0 aliphatic heterocycles. The number of hydrogen-bond acceptors (Lipinski definition) is 2. The van der Waals surface area contributed by atoms with Gasteiger partial charge in [0.15, 0.2) is 0 Å². The van der Waals surface area contributed by atoms with Crippen LogP contribution in [0.25, 0.3) is 0 Å². The maximum absolute atomic E-state index is 9.96. The second-order valence-corrected chi connectivity index (χ2v) is 6.87. The van der Waals surface area contributed by atoms with Crippen molar-refractivity contribution in [2.45, 2.75) is 71.9 Å². The van der Waals surface area contributed by atoms with Gasteiger partial charge >= 0.3 is 0 Å². The molecule has 0 saturated heterocycles. The van der Waals surface area contributed by atoms with Crippen molar-refractivity contribution in [1.82, 2.24) is 9.78 Å². The standard InChI is InChI=1S/C17H28N2O/c1-5-15(6-2)19-8-7-14(18-19)9-13-10-16(20)12-17(3,4)11-13/h7-8,10,15-16,20H,5-6,9,11-12H2,1-4H3. The summed E-state index contributed by atoms with van der Waals surface area (Å²) in [5.74, 6) is 0. The summed E-state index contributed by atoms with van der Waals surface area (Å²) >= 11 is 0. The normalized spacial score (nSPS) is 22.1. The van der Waals surface area contributed by atoms with Crippen LogP contribution in [0, 0.1) is 5.41 Å². The van der Waals surface area contributed by atoms with Gasteiger partial charge in [-0.3, -0.25) is 4.68 Å². The van der Waals surface area contributed by atoms with E-state index in [1.807, 2.05) is 6.08 Å². The lowest BCUT2D eigenvalue weighted by atomic mass is 9.75. The van der Waals surface area contributed by atoms with Gasteiger partial charge in [-0.25, -0.2) is 0 Å². The van der Waals surface area contributed by atoms with Crippen LogP contribution in [0.1, 0.15) is 65.1 Å². The number of aliphatic hydroxyl groups excluding tert-OH is 1. The van der Waals surface area contributed by atoms with Gasteiger partial charge in [-0.2, -0.15) is 5.10 Å². The van der Waals surface area contributed by atoms with Gasteiger partial charge in [-0.15, -0.1) is 0 Å². The van der Waals surface area contributed by atoms with Crippen LogP contribution >= 0.6 is 0 Å². The molecule has 0 radical (unpaired) electrons. The summed E-state index contributed by atoms with van der Waals surface area (Å²) in [6.07, 6.45) is 8.85. The maximum atomic E-state index is 9.96. The molecule has 2 rings (SSSR count). The maximum Gasteiger partial charge on any atom is 0.0728 e. The van der Waals surface area contributed by atoms with E-state index in [0.717, 1.165) is 37.8 Å². The van der Waals surface area contributed by atoms with Crippen molar-refractivity contribution in [3.8, 4) is 0 Å². The molecule has 1 aromatic heterocycles. The first-order chi connectivity index (χ1) is 9.43. The molecule has 1 aliphatic rings. The van der Waals surface area contributed by atoms with E-state index in [1.165, 1.54) is 5.57 Å². The molecule has 0 amide bonds. The summed E-state index contributed by atoms with van der Waals surface area (Å²) < 4.78 is 2.10. The van der Waals surface area contributed by atoms with Crippen molar-refractivity contribution in [2.24, 2.45) is 5.41 Å². The lowest BCUT2D eigenvalue weighted by molar-refractivity contribution is 0.138. The first kappa shape index (κ1) is 15.3. The predicted molar refractivity (Wildman–Crippen MR) is 82.7 cm³/mol. The average Bonchev–Trinajstić information content (AvgIpc) is 2.76. The lowest BCUT2D eigenvalue weighted by Crippen LogP contribution is -2.25. The molecule has 0 aromatic carbocycles. The Morgan fingerprint density at radius 2 is 2.10 bits per heavy atom. The van der Waals surface area contributed by atoms with Gasteiger partial charge in [-0.1, -0.05) is 39.3 Å². The summed E-state index contributed by atoms with van der Waals surface area (Å²) in [6, 6.07) is 2.62. The first-order valence-electron chi connectivity index (χ1n) is 7.85. The van der Waals surface area contributed by atoms with Crippen molar-refractivity contribution in [2.75, 3.05) is 0 Å². The number of hydrogen-bond donors (Lipinski definition) is 1. The smallest absolute Gasteiger partial charge is 0.0728 e. The molecule has 1 N–H and O–H groups in total. The number of rotatable bonds is 5. The summed E-state index contributed by atoms with van der Waals surface area (Å²) in [5, 5.41) is 14.7. The fourth-order valence-electron chi connectivity index (χ4n) is 3.33. The van der Waals surface area contributed by atoms with Gasteiger partial charge in [0.05, 0.1) is 17.8 Å². The van der Waals surface area contributed by atoms with Crippen LogP contribution in [-0.2, 0) is 6.42 Å². The monoisotopic (exact) mass is 276 g/mol. The third-order valence-electron chi connectivity index (χ3n) is 4.28. The first-order valence-corrected chi connectivity index (χ1v) is 7.85. The summed E-state index contributed by atoms with van der Waals surface area (Å²) in [6.45, 7) is 8.87. The Morgan fingerprint density at radius 3 is 2.70 bits per heavy atom. The third-order valence-corrected chi connectivity index (χ3v) is 4.28. The van der Waals surface area contributed by atoms with Crippen molar-refractivity contribution >= 4 is 0 Å². The Hall–Kier alpha value is -1.09. The Balaban J connectivity index is 2.07. The van der Waals surface area contributed by atoms with E-state index < -0.39 is 0 Å². The summed E-state index contributed by atoms with van der Waals surface area (Å²) in [5.41, 5.74) is 2.64. The van der Waals surface area contributed by atoms with Crippen molar-refractivity contribution in [3.63, 3.8) is 0 Å². The van der Waals surface area contributed by atoms with E-state index in [4.69, 9.17) is 5.10 Å². The summed E-state index contributed by atoms with van der Waals surface area (Å²) in [7, 11) is 0. The van der Waals surface area contributed by atoms with Crippen molar-refractivity contribution in [3.05, 3.63) is 29.6 Å². The molecule has 0 bridgehead atoms. The SMILES string of the molecule is CCC(CC)n1ccc(CC2=CC(O)CC(C)(C)C2)n1. The van der Waals surface area contributed by atoms with E-state index in [2.05, 4.69) is 44.6 Å². The number of aromatic nitrogens is 2. The van der Waals surface area contributed by atoms with Crippen LogP contribution in [-0.4, -0.2) is 21.0 Å². The number of nitrogens with zero attached hydrogens (tertiary/aromatic N) is 2. The van der Waals surface area contributed by atoms with E-state index >= 15 is 0 Å². The zero-order valence-electron chi connectivity index (χ0n) is 13.3. The average molecular weight is 276 g/mol. The fourth-order valence-corrected chi connectivity index (χ4v) is 3.33. The number of allylic oxidation sites excluding steroid dienone is 1. The lowest BCUT2D eigenvalue weighted by Gasteiger charge is -2.32. The highest BCUT2D eigenvalue weighted by molar-refractivity contribution is 5.19. The van der Waals surface area contributed by atoms with Gasteiger partial charge in [-0.05, 0) is 37.2 Å². The molecule has 112 valence electrons. The van der Waals surface area contributed by atoms with Crippen LogP contribution in [0.15, 0.2) is 23.9 Å². The minimum atomic E-state index is -0.296. The molecule has 1 heterocycles. The molecule has 3 heteroatoms. The topological polar surface area (TPSA) is 38.0 Å². The van der Waals surface area contributed by atoms with E-state index in [-0.39, 0.29) is 11.5 Å². The minimum Gasteiger partial charge on any atom is -0.389 e. The van der Waals surface area contributed by atoms with Crippen LogP contribution in [0.2, 0.25) is 0 Å². The highest BCUT2D eigenvalue weighted by Gasteiger charge is 2.27. The Morgan fingerprint density at radius 1 is 1.40 bits per heavy atom. The molecule has 20 heavy (non-hydrogen) atoms. The molecule has 1 aliphatic carbocycles. The van der Waals surface area contributed by atoms with Crippen LogP contribution in [0.5, 0.6) is 0 Å². The second kappa shape index (κ2) is 6.13. The largest absolute Gasteiger partial charge is 0.389 e. The van der Waals surface area contributed by atoms with Crippen LogP contribution in [0.3, 0.4) is 0 Å². The van der Waals surface area contributed by atoms with Gasteiger partial charge in [0.1, 0.15) is 0 Å². The van der Waals surface area contributed by atoms with Crippen molar-refractivity contribution in [1.29, 1.82) is 0 Å². The summed E-state index contributed by atoms with van der Waals surface area (Å²) in [4.78, 5) is 0. The highest BCUT2D eigenvalue weighted by atomic mass is 16.3. The molecule has 0 saturated carbocycles. The second-order valence-electron chi connectivity index (χ2n) is 6.87. The fraction of sp³-hybridized carbons (Fsp3) is 0.706. The predicted octanol–water partition coefficient (Wildman–Crippen LogP) is 3.89. The van der Waals surface area contributed by atoms with Crippen molar-refractivity contribution < 1.29 is 5.11 Å². The van der Waals surface area contributed by atoms with Gasteiger partial charge in [0, 0.05) is 12.6 Å². The quantitative estimate of drug-likeness (QED) is 0.828. The van der Waals surface area contributed by atoms with E-state index in [9.17, 15) is 5.11 Å². The molecule has 3 nitrogen and oxygen atoms in total. The van der Waals surface area contributed by atoms with Gasteiger partial charge < -0.3 is 5.11 Å². The molecular weight excluding hydrogens is 248 g/mol. The zero-order chi connectivity index (χ0) is 14.8. The molecule has 1 aromatic rings. The Labute approximate surface area is 122 Å². The molecule has 1 unspecified atom stereocenters. The van der Waals surface area contributed by atoms with E-state index in [1.54, 1.807) is 0 Å². The van der Waals surface area contributed by atoms with E-state index in [0.29, 0.717) is 6.04 Å². The molecular formula is C17H28N2O. The Bertz CT molecular complexity index is 469. The highest BCUT2D eigenvalue weighted by Crippen LogP contribution is 2.36.